The lowest BCUT2D eigenvalue weighted by Gasteiger charge is -2.24. The van der Waals surface area contributed by atoms with Crippen molar-refractivity contribution < 1.29 is 0 Å². The zero-order valence-electron chi connectivity index (χ0n) is 11.7. The van der Waals surface area contributed by atoms with E-state index in [0.29, 0.717) is 5.41 Å². The van der Waals surface area contributed by atoms with Crippen LogP contribution in [0.4, 0.5) is 0 Å². The first-order chi connectivity index (χ1) is 7.85. The Balaban J connectivity index is 2.73. The van der Waals surface area contributed by atoms with Gasteiger partial charge in [-0.25, -0.2) is 0 Å². The van der Waals surface area contributed by atoms with Crippen molar-refractivity contribution in [3.05, 3.63) is 33.3 Å². The Morgan fingerprint density at radius 3 is 2.41 bits per heavy atom. The number of hydrogen-bond donors (Lipinski definition) is 1. The molecule has 0 saturated carbocycles. The van der Waals surface area contributed by atoms with E-state index in [9.17, 15) is 0 Å². The van der Waals surface area contributed by atoms with E-state index in [4.69, 9.17) is 0 Å². The van der Waals surface area contributed by atoms with Crippen LogP contribution in [0.25, 0.3) is 0 Å². The lowest BCUT2D eigenvalue weighted by Crippen LogP contribution is -2.27. The van der Waals surface area contributed by atoms with E-state index in [1.54, 1.807) is 0 Å². The molecule has 17 heavy (non-hydrogen) atoms. The Hall–Kier alpha value is -0.340. The van der Waals surface area contributed by atoms with Crippen LogP contribution >= 0.6 is 15.9 Å². The van der Waals surface area contributed by atoms with Gasteiger partial charge in [0.1, 0.15) is 0 Å². The van der Waals surface area contributed by atoms with E-state index in [1.807, 2.05) is 7.05 Å². The molecule has 1 nitrogen and oxygen atoms in total. The zero-order chi connectivity index (χ0) is 13.1. The fraction of sp³-hybridized carbons (Fsp3) is 0.600. The molecule has 0 unspecified atom stereocenters. The molecule has 0 aliphatic rings. The van der Waals surface area contributed by atoms with Gasteiger partial charge in [-0.05, 0) is 68.5 Å². The molecular formula is C15H24BrN. The first-order valence-electron chi connectivity index (χ1n) is 6.26. The van der Waals surface area contributed by atoms with E-state index >= 15 is 0 Å². The zero-order valence-corrected chi connectivity index (χ0v) is 13.2. The van der Waals surface area contributed by atoms with Crippen molar-refractivity contribution in [2.24, 2.45) is 5.41 Å². The van der Waals surface area contributed by atoms with Crippen LogP contribution in [0.3, 0.4) is 0 Å². The maximum atomic E-state index is 3.59. The molecule has 0 bridgehead atoms. The minimum absolute atomic E-state index is 0.363. The van der Waals surface area contributed by atoms with Crippen molar-refractivity contribution in [3.8, 4) is 0 Å². The minimum Gasteiger partial charge on any atom is -0.319 e. The van der Waals surface area contributed by atoms with Crippen LogP contribution in [-0.4, -0.2) is 13.6 Å². The highest BCUT2D eigenvalue weighted by molar-refractivity contribution is 9.10. The molecule has 1 aromatic carbocycles. The molecule has 1 rings (SSSR count). The van der Waals surface area contributed by atoms with Gasteiger partial charge in [0.15, 0.2) is 0 Å². The van der Waals surface area contributed by atoms with Crippen molar-refractivity contribution >= 4 is 15.9 Å². The number of hydrogen-bond acceptors (Lipinski definition) is 1. The summed E-state index contributed by atoms with van der Waals surface area (Å²) in [5.41, 5.74) is 4.57. The summed E-state index contributed by atoms with van der Waals surface area (Å²) in [6.45, 7) is 10.1. The first kappa shape index (κ1) is 14.7. The van der Waals surface area contributed by atoms with Crippen LogP contribution in [0, 0.1) is 19.3 Å². The quantitative estimate of drug-likeness (QED) is 0.857. The Labute approximate surface area is 114 Å². The fourth-order valence-corrected chi connectivity index (χ4v) is 2.61. The van der Waals surface area contributed by atoms with Gasteiger partial charge in [0.25, 0.3) is 0 Å². The molecule has 1 N–H and O–H groups in total. The minimum atomic E-state index is 0.363. The number of benzene rings is 1. The highest BCUT2D eigenvalue weighted by atomic mass is 79.9. The molecule has 0 radical (unpaired) electrons. The van der Waals surface area contributed by atoms with Crippen molar-refractivity contribution in [3.63, 3.8) is 0 Å². The predicted octanol–water partition coefficient (Wildman–Crippen LogP) is 4.24. The van der Waals surface area contributed by atoms with Gasteiger partial charge in [0, 0.05) is 4.47 Å². The molecule has 1 aromatic rings. The van der Waals surface area contributed by atoms with Crippen LogP contribution in [0.1, 0.15) is 37.0 Å². The highest BCUT2D eigenvalue weighted by Crippen LogP contribution is 2.26. The number of halogens is 1. The second-order valence-corrected chi connectivity index (χ2v) is 6.58. The highest BCUT2D eigenvalue weighted by Gasteiger charge is 2.17. The first-order valence-corrected chi connectivity index (χ1v) is 7.05. The molecule has 0 atom stereocenters. The molecule has 96 valence electrons. The summed E-state index contributed by atoms with van der Waals surface area (Å²) < 4.78 is 1.22. The van der Waals surface area contributed by atoms with Crippen LogP contribution in [0.15, 0.2) is 16.6 Å². The van der Waals surface area contributed by atoms with Crippen molar-refractivity contribution in [1.29, 1.82) is 0 Å². The molecule has 2 heteroatoms. The Bertz CT molecular complexity index is 383. The summed E-state index contributed by atoms with van der Waals surface area (Å²) in [5, 5.41) is 3.27. The van der Waals surface area contributed by atoms with Crippen LogP contribution in [-0.2, 0) is 6.42 Å². The summed E-state index contributed by atoms with van der Waals surface area (Å²) in [6, 6.07) is 4.55. The smallest absolute Gasteiger partial charge is 0.0207 e. The second-order valence-electron chi connectivity index (χ2n) is 5.72. The van der Waals surface area contributed by atoms with Gasteiger partial charge in [-0.15, -0.1) is 0 Å². The molecule has 0 aliphatic carbocycles. The summed E-state index contributed by atoms with van der Waals surface area (Å²) in [4.78, 5) is 0. The fourth-order valence-electron chi connectivity index (χ4n) is 2.15. The van der Waals surface area contributed by atoms with E-state index in [2.05, 4.69) is 61.1 Å². The summed E-state index contributed by atoms with van der Waals surface area (Å²) in [7, 11) is 2.02. The third kappa shape index (κ3) is 4.44. The lowest BCUT2D eigenvalue weighted by molar-refractivity contribution is 0.324. The van der Waals surface area contributed by atoms with Gasteiger partial charge in [0.2, 0.25) is 0 Å². The predicted molar refractivity (Wildman–Crippen MR) is 79.6 cm³/mol. The SMILES string of the molecule is CNCC(C)(C)CCc1cc(C)c(Br)cc1C. The van der Waals surface area contributed by atoms with E-state index in [0.717, 1.165) is 13.0 Å². The standard InChI is InChI=1S/C15H24BrN/c1-11-9-14(16)12(2)8-13(11)6-7-15(3,4)10-17-5/h8-9,17H,6-7,10H2,1-5H3. The largest absolute Gasteiger partial charge is 0.319 e. The molecule has 0 heterocycles. The molecule has 0 saturated heterocycles. The summed E-state index contributed by atoms with van der Waals surface area (Å²) in [5.74, 6) is 0. The topological polar surface area (TPSA) is 12.0 Å². The van der Waals surface area contributed by atoms with E-state index in [1.165, 1.54) is 27.6 Å². The third-order valence-electron chi connectivity index (χ3n) is 3.34. The van der Waals surface area contributed by atoms with E-state index in [-0.39, 0.29) is 0 Å². The maximum absolute atomic E-state index is 3.59. The Morgan fingerprint density at radius 2 is 1.82 bits per heavy atom. The average molecular weight is 298 g/mol. The molecule has 0 amide bonds. The monoisotopic (exact) mass is 297 g/mol. The molecule has 0 aromatic heterocycles. The van der Waals surface area contributed by atoms with Crippen LogP contribution in [0.2, 0.25) is 0 Å². The summed E-state index contributed by atoms with van der Waals surface area (Å²) >= 11 is 3.59. The van der Waals surface area contributed by atoms with Gasteiger partial charge in [-0.2, -0.15) is 0 Å². The number of aryl methyl sites for hydroxylation is 3. The van der Waals surface area contributed by atoms with Gasteiger partial charge in [0.05, 0.1) is 0 Å². The summed E-state index contributed by atoms with van der Waals surface area (Å²) in [6.07, 6.45) is 2.38. The third-order valence-corrected chi connectivity index (χ3v) is 4.20. The maximum Gasteiger partial charge on any atom is 0.0207 e. The molecule has 0 aliphatic heterocycles. The van der Waals surface area contributed by atoms with E-state index < -0.39 is 0 Å². The van der Waals surface area contributed by atoms with Gasteiger partial charge in [-0.1, -0.05) is 35.8 Å². The number of rotatable bonds is 5. The lowest BCUT2D eigenvalue weighted by atomic mass is 9.85. The normalized spacial score (nSPS) is 11.9. The van der Waals surface area contributed by atoms with Gasteiger partial charge < -0.3 is 5.32 Å². The molecule has 0 fully saturated rings. The van der Waals surface area contributed by atoms with Crippen molar-refractivity contribution in [1.82, 2.24) is 5.32 Å². The van der Waals surface area contributed by atoms with Gasteiger partial charge >= 0.3 is 0 Å². The van der Waals surface area contributed by atoms with Crippen LogP contribution < -0.4 is 5.32 Å². The van der Waals surface area contributed by atoms with Gasteiger partial charge in [-0.3, -0.25) is 0 Å². The number of nitrogens with one attached hydrogen (secondary N) is 1. The molecular weight excluding hydrogens is 274 g/mol. The van der Waals surface area contributed by atoms with Crippen molar-refractivity contribution in [2.75, 3.05) is 13.6 Å². The second kappa shape index (κ2) is 6.01. The Kier molecular flexibility index (Phi) is 5.21. The van der Waals surface area contributed by atoms with Crippen molar-refractivity contribution in [2.45, 2.75) is 40.5 Å². The van der Waals surface area contributed by atoms with Crippen LogP contribution in [0.5, 0.6) is 0 Å². The Morgan fingerprint density at radius 1 is 1.18 bits per heavy atom. The molecule has 0 spiro atoms. The average Bonchev–Trinajstić information content (AvgIpc) is 2.21.